The summed E-state index contributed by atoms with van der Waals surface area (Å²) < 4.78 is 5.39. The number of carbonyl (C=O) groups is 2. The van der Waals surface area contributed by atoms with Crippen molar-refractivity contribution in [1.29, 1.82) is 0 Å². The number of ether oxygens (including phenoxy) is 1. The highest BCUT2D eigenvalue weighted by Gasteiger charge is 2.24. The van der Waals surface area contributed by atoms with Gasteiger partial charge in [-0.2, -0.15) is 4.73 Å². The Kier molecular flexibility index (Phi) is 4.83. The van der Waals surface area contributed by atoms with Gasteiger partial charge in [-0.15, -0.1) is 0 Å². The SMILES string of the molecule is CCC(=O)OCc1nc2cc(Cl)c(Cl)cc2[n+]([O-])c1C(C)=O. The van der Waals surface area contributed by atoms with E-state index in [0.29, 0.717) is 4.73 Å². The number of fused-ring (bicyclic) bond motifs is 1. The second-order valence-corrected chi connectivity index (χ2v) is 5.34. The van der Waals surface area contributed by atoms with Crippen LogP contribution in [0.2, 0.25) is 10.0 Å². The summed E-state index contributed by atoms with van der Waals surface area (Å²) in [5, 5.41) is 12.8. The molecule has 0 unspecified atom stereocenters. The lowest BCUT2D eigenvalue weighted by Gasteiger charge is -2.11. The number of rotatable bonds is 4. The summed E-state index contributed by atoms with van der Waals surface area (Å²) in [7, 11) is 0. The summed E-state index contributed by atoms with van der Waals surface area (Å²) in [6.07, 6.45) is 0.182. The number of Topliss-reactive ketones (excluding diaryl/α,β-unsaturated/α-hetero) is 1. The van der Waals surface area contributed by atoms with Gasteiger partial charge < -0.3 is 9.94 Å². The van der Waals surface area contributed by atoms with Crippen LogP contribution in [0.25, 0.3) is 11.0 Å². The van der Waals surface area contributed by atoms with Crippen molar-refractivity contribution in [3.63, 3.8) is 0 Å². The molecule has 0 aliphatic rings. The van der Waals surface area contributed by atoms with Crippen LogP contribution in [0.4, 0.5) is 0 Å². The van der Waals surface area contributed by atoms with Gasteiger partial charge in [0.05, 0.1) is 10.0 Å². The van der Waals surface area contributed by atoms with Crippen LogP contribution in [-0.2, 0) is 16.1 Å². The van der Waals surface area contributed by atoms with E-state index >= 15 is 0 Å². The minimum atomic E-state index is -0.488. The van der Waals surface area contributed by atoms with Crippen molar-refractivity contribution in [3.05, 3.63) is 38.8 Å². The first-order valence-electron chi connectivity index (χ1n) is 6.42. The molecule has 0 spiro atoms. The lowest BCUT2D eigenvalue weighted by atomic mass is 10.2. The molecule has 6 nitrogen and oxygen atoms in total. The van der Waals surface area contributed by atoms with Crippen LogP contribution in [-0.4, -0.2) is 16.7 Å². The number of carbonyl (C=O) groups excluding carboxylic acids is 2. The number of aromatic nitrogens is 2. The van der Waals surface area contributed by atoms with Gasteiger partial charge in [0.1, 0.15) is 12.1 Å². The molecule has 22 heavy (non-hydrogen) atoms. The fraction of sp³-hybridized carbons (Fsp3) is 0.286. The van der Waals surface area contributed by atoms with Crippen molar-refractivity contribution in [2.75, 3.05) is 0 Å². The summed E-state index contributed by atoms with van der Waals surface area (Å²) in [4.78, 5) is 27.2. The summed E-state index contributed by atoms with van der Waals surface area (Å²) in [5.74, 6) is -0.944. The van der Waals surface area contributed by atoms with E-state index in [2.05, 4.69) is 4.98 Å². The quantitative estimate of drug-likeness (QED) is 0.369. The Morgan fingerprint density at radius 2 is 1.95 bits per heavy atom. The van der Waals surface area contributed by atoms with Gasteiger partial charge in [0.2, 0.25) is 11.3 Å². The number of hydrogen-bond donors (Lipinski definition) is 0. The zero-order valence-electron chi connectivity index (χ0n) is 11.9. The molecule has 2 rings (SSSR count). The molecule has 1 aromatic heterocycles. The van der Waals surface area contributed by atoms with E-state index in [1.165, 1.54) is 19.1 Å². The highest BCUT2D eigenvalue weighted by atomic mass is 35.5. The molecule has 2 aromatic rings. The summed E-state index contributed by atoms with van der Waals surface area (Å²) >= 11 is 11.8. The number of ketones is 1. The monoisotopic (exact) mass is 342 g/mol. The van der Waals surface area contributed by atoms with Crippen LogP contribution in [0.15, 0.2) is 12.1 Å². The Hall–Kier alpha value is -1.92. The smallest absolute Gasteiger partial charge is 0.305 e. The van der Waals surface area contributed by atoms with E-state index in [1.807, 2.05) is 0 Å². The molecule has 0 amide bonds. The van der Waals surface area contributed by atoms with Gasteiger partial charge in [-0.1, -0.05) is 30.1 Å². The maximum Gasteiger partial charge on any atom is 0.305 e. The van der Waals surface area contributed by atoms with Crippen molar-refractivity contribution in [2.45, 2.75) is 26.9 Å². The lowest BCUT2D eigenvalue weighted by Crippen LogP contribution is -2.37. The Labute approximate surface area is 136 Å². The molecule has 0 radical (unpaired) electrons. The van der Waals surface area contributed by atoms with Crippen LogP contribution in [0.3, 0.4) is 0 Å². The van der Waals surface area contributed by atoms with E-state index < -0.39 is 11.8 Å². The molecular weight excluding hydrogens is 331 g/mol. The molecule has 0 aliphatic carbocycles. The van der Waals surface area contributed by atoms with Gasteiger partial charge in [-0.25, -0.2) is 4.98 Å². The lowest BCUT2D eigenvalue weighted by molar-refractivity contribution is -0.580. The van der Waals surface area contributed by atoms with E-state index in [4.69, 9.17) is 27.9 Å². The average Bonchev–Trinajstić information content (AvgIpc) is 2.46. The predicted molar refractivity (Wildman–Crippen MR) is 80.8 cm³/mol. The van der Waals surface area contributed by atoms with E-state index in [9.17, 15) is 14.8 Å². The molecule has 116 valence electrons. The third-order valence-electron chi connectivity index (χ3n) is 2.96. The highest BCUT2D eigenvalue weighted by Crippen LogP contribution is 2.26. The standard InChI is InChI=1S/C14H12Cl2N2O4/c1-3-13(20)22-6-11-14(7(2)19)18(21)12-5-9(16)8(15)4-10(12)17-11/h4-5H,3,6H2,1-2H3. The normalized spacial score (nSPS) is 10.7. The number of esters is 1. The van der Waals surface area contributed by atoms with Crippen molar-refractivity contribution in [3.8, 4) is 0 Å². The maximum absolute atomic E-state index is 12.4. The van der Waals surface area contributed by atoms with E-state index in [-0.39, 0.29) is 45.5 Å². The van der Waals surface area contributed by atoms with Crippen LogP contribution >= 0.6 is 23.2 Å². The van der Waals surface area contributed by atoms with Crippen molar-refractivity contribution >= 4 is 46.0 Å². The second-order valence-electron chi connectivity index (χ2n) is 4.53. The minimum Gasteiger partial charge on any atom is -0.618 e. The third kappa shape index (κ3) is 3.13. The molecule has 8 heteroatoms. The van der Waals surface area contributed by atoms with Crippen LogP contribution < -0.4 is 4.73 Å². The van der Waals surface area contributed by atoms with Crippen LogP contribution in [0, 0.1) is 5.21 Å². The number of halogens is 2. The average molecular weight is 343 g/mol. The van der Waals surface area contributed by atoms with E-state index in [0.717, 1.165) is 0 Å². The fourth-order valence-electron chi connectivity index (χ4n) is 1.91. The number of benzene rings is 1. The molecule has 0 fully saturated rings. The fourth-order valence-corrected chi connectivity index (χ4v) is 2.23. The predicted octanol–water partition coefficient (Wildman–Crippen LogP) is 2.83. The molecule has 1 aromatic carbocycles. The number of nitrogens with zero attached hydrogens (tertiary/aromatic N) is 2. The Morgan fingerprint density at radius 3 is 2.55 bits per heavy atom. The minimum absolute atomic E-state index is 0.0789. The summed E-state index contributed by atoms with van der Waals surface area (Å²) in [6.45, 7) is 2.61. The van der Waals surface area contributed by atoms with Crippen LogP contribution in [0.1, 0.15) is 36.5 Å². The Bertz CT molecular complexity index is 777. The molecule has 0 N–H and O–H groups in total. The maximum atomic E-state index is 12.4. The molecule has 0 saturated heterocycles. The van der Waals surface area contributed by atoms with Crippen molar-refractivity contribution in [2.24, 2.45) is 0 Å². The third-order valence-corrected chi connectivity index (χ3v) is 3.68. The van der Waals surface area contributed by atoms with Crippen molar-refractivity contribution < 1.29 is 19.1 Å². The Morgan fingerprint density at radius 1 is 1.32 bits per heavy atom. The Balaban J connectivity index is 2.63. The first-order chi connectivity index (χ1) is 10.3. The molecule has 0 aliphatic heterocycles. The molecular formula is C14H12Cl2N2O4. The van der Waals surface area contributed by atoms with E-state index in [1.54, 1.807) is 6.92 Å². The topological polar surface area (TPSA) is 83.2 Å². The zero-order valence-corrected chi connectivity index (χ0v) is 13.4. The molecule has 0 saturated carbocycles. The van der Waals surface area contributed by atoms with Crippen molar-refractivity contribution in [1.82, 2.24) is 4.98 Å². The first kappa shape index (κ1) is 16.5. The highest BCUT2D eigenvalue weighted by molar-refractivity contribution is 6.42. The molecule has 0 bridgehead atoms. The summed E-state index contributed by atoms with van der Waals surface area (Å²) in [5.41, 5.74) is 0.270. The molecule has 0 atom stereocenters. The second kappa shape index (κ2) is 6.46. The van der Waals surface area contributed by atoms with Gasteiger partial charge in [-0.3, -0.25) is 9.59 Å². The zero-order chi connectivity index (χ0) is 16.4. The molecule has 1 heterocycles. The van der Waals surface area contributed by atoms with Crippen LogP contribution in [0.5, 0.6) is 0 Å². The van der Waals surface area contributed by atoms with Gasteiger partial charge in [0.25, 0.3) is 5.69 Å². The van der Waals surface area contributed by atoms with Gasteiger partial charge >= 0.3 is 5.97 Å². The van der Waals surface area contributed by atoms with Gasteiger partial charge in [0, 0.05) is 19.4 Å². The van der Waals surface area contributed by atoms with Gasteiger partial charge in [-0.05, 0) is 6.07 Å². The number of hydrogen-bond acceptors (Lipinski definition) is 5. The summed E-state index contributed by atoms with van der Waals surface area (Å²) in [6, 6.07) is 2.76. The largest absolute Gasteiger partial charge is 0.618 e. The first-order valence-corrected chi connectivity index (χ1v) is 7.18. The van der Waals surface area contributed by atoms with Gasteiger partial charge in [0.15, 0.2) is 5.69 Å².